The minimum atomic E-state index is -1.95. The lowest BCUT2D eigenvalue weighted by Crippen LogP contribution is -2.61. The van der Waals surface area contributed by atoms with Crippen molar-refractivity contribution in [2.75, 3.05) is 88.7 Å². The van der Waals surface area contributed by atoms with Crippen molar-refractivity contribution >= 4 is 68.7 Å². The minimum Gasteiger partial charge on any atom is -0.481 e. The van der Waals surface area contributed by atoms with Crippen LogP contribution in [-0.4, -0.2) is 297 Å². The number of aryl methyl sites for hydroxylation is 1. The van der Waals surface area contributed by atoms with Crippen molar-refractivity contribution in [3.63, 3.8) is 0 Å². The van der Waals surface area contributed by atoms with Gasteiger partial charge in [0, 0.05) is 133 Å². The number of Topliss-reactive ketones (excluding diaryl/α,β-unsaturated/α-hetero) is 1. The Kier molecular flexibility index (Phi) is 38.7. The van der Waals surface area contributed by atoms with E-state index in [2.05, 4.69) is 21.3 Å². The number of piperazine rings is 2. The maximum atomic E-state index is 14.6. The number of pyridine rings is 2. The van der Waals surface area contributed by atoms with Gasteiger partial charge in [-0.3, -0.25) is 33.4 Å². The Bertz CT molecular complexity index is 4340. The Morgan fingerprint density at radius 1 is 0.570 bits per heavy atom. The maximum absolute atomic E-state index is 14.6. The fourth-order valence-electron chi connectivity index (χ4n) is 14.7. The second-order valence-electron chi connectivity index (χ2n) is 31.6. The number of anilines is 2. The number of likely N-dealkylation sites (N-methyl/N-ethyl adjacent to an activating group) is 2. The van der Waals surface area contributed by atoms with Crippen molar-refractivity contribution in [1.82, 2.24) is 23.9 Å². The maximum Gasteiger partial charge on any atom is 0.341 e. The van der Waals surface area contributed by atoms with E-state index in [9.17, 15) is 108 Å². The molecule has 14 unspecified atom stereocenters. The number of ether oxygens (including phenoxy) is 3. The predicted molar refractivity (Wildman–Crippen MR) is 448 cm³/mol. The molecule has 10 rings (SSSR count). The van der Waals surface area contributed by atoms with Gasteiger partial charge in [-0.15, -0.1) is 0 Å². The molecule has 6 aliphatic rings. The monoisotopic (exact) mass is 1700 g/mol. The number of carbonyl (C=O) groups is 6. The topological polar surface area (TPSA) is 491 Å². The molecule has 4 saturated heterocycles. The summed E-state index contributed by atoms with van der Waals surface area (Å²) in [7, 11) is 5.64. The van der Waals surface area contributed by atoms with Crippen LogP contribution < -0.4 is 31.8 Å². The number of rotatable bonds is 9. The number of aliphatic hydroxyl groups excluding tert-OH is 10. The van der Waals surface area contributed by atoms with Crippen molar-refractivity contribution in [2.24, 2.45) is 23.5 Å². The molecule has 16 N–H and O–H groups in total. The number of aromatic carboxylic acids is 2. The number of fused-ring (bicyclic) bond motifs is 3. The fraction of sp³-hybridized carbons (Fsp3) is 0.558. The van der Waals surface area contributed by atoms with Crippen LogP contribution in [0.25, 0.3) is 21.8 Å². The molecule has 0 saturated carbocycles. The number of β-lactam (4-membered cyclic amide) rings is 1. The van der Waals surface area contributed by atoms with Crippen LogP contribution in [0.15, 0.2) is 131 Å². The average molecular weight is 1700 g/mol. The molecule has 0 spiro atoms. The molecule has 2 aromatic heterocycles. The Hall–Kier alpha value is -9.28. The van der Waals surface area contributed by atoms with Crippen LogP contribution in [0.4, 0.5) is 20.2 Å². The Labute approximate surface area is 701 Å². The molecule has 35 heteroatoms. The number of halogens is 2. The van der Waals surface area contributed by atoms with Gasteiger partial charge in [0.1, 0.15) is 46.7 Å². The third-order valence-corrected chi connectivity index (χ3v) is 22.4. The SMILES string of the molecule is CC1/C=C/C=C/CC/C=C/C=C/C=C/C=C/C(OC2O[C@H](C)[C@@H](O)[C@H](N)[C@@H]2O)CC(O)C(C(=O)O)C(O)CC(=O)CC(O)C(O)CCC(O)CC(O)CC(O)CC(=O)OC(C)C(C)C1O.CCn1cc(C(=O)O)c(=O)c2cc(F)c(N3CCN(C)CC3)cc21.CNn1cc(C(=O)O)c(=O)c2cc(F)c(N3CCN(C)CC3)cc21.O=C1C[C@H]2CC=CN12. The number of amides is 1. The molecule has 8 heterocycles. The van der Waals surface area contributed by atoms with Crippen molar-refractivity contribution in [3.8, 4) is 0 Å². The average Bonchev–Trinajstić information content (AvgIpc) is 1.40. The number of carboxylic acid groups (broad SMARTS) is 3. The van der Waals surface area contributed by atoms with E-state index in [0.29, 0.717) is 61.2 Å². The summed E-state index contributed by atoms with van der Waals surface area (Å²) in [6.07, 6.45) is 9.18. The molecule has 2 aromatic carbocycles. The fourth-order valence-corrected chi connectivity index (χ4v) is 14.7. The van der Waals surface area contributed by atoms with Gasteiger partial charge in [-0.2, -0.15) is 0 Å². The van der Waals surface area contributed by atoms with Crippen LogP contribution >= 0.6 is 0 Å². The van der Waals surface area contributed by atoms with E-state index in [-0.39, 0.29) is 53.8 Å². The number of aliphatic hydroxyl groups is 10. The molecule has 0 aliphatic carbocycles. The first-order valence-corrected chi connectivity index (χ1v) is 40.9. The summed E-state index contributed by atoms with van der Waals surface area (Å²) in [4.78, 5) is 106. The number of aliphatic carboxylic acids is 1. The summed E-state index contributed by atoms with van der Waals surface area (Å²) in [5.74, 6) is -9.25. The van der Waals surface area contributed by atoms with Gasteiger partial charge in [-0.1, -0.05) is 92.8 Å². The molecule has 4 fully saturated rings. The standard InChI is InChI=1S/C47H75NO17.C17H20FN3O3.C16H19FN4O3.C6H7NO/c1-27-17-15-13-11-9-7-5-6-8-10-12-14-16-18-35(65-47-45(60)42(48)44(59)30(4)64-47)26-39(56)41(46(61)62)38(55)24-34(52)23-37(54)36(53)20-19-31(49)21-32(50)22-33(51)25-40(57)63-29(3)28(2)43(27)58;1-3-20-10-12(17(23)24)16(22)11-8-13(18)15(9-14(11)20)21-6-4-19(2)5-7-21;1-18-21-9-11(16(23)24)15(22)10-7-12(17)14(8-13(10)21)20-5-3-19(2)4-6-20;8-6-4-5-2-1-3-7(5)6/h5-6,8,10-18,27-33,35-39,41-45,47,49-51,53-56,58-60H,7,9,19-26,48H2,1-4H3,(H,61,62);8-10H,3-7H2,1-2H3,(H,23,24);7-9,18H,3-6H2,1-2H3,(H,23,24);1,3,5H,2,4H2/b6-5+,10-8+,13-11+,14-12+,17-15+,18-16+;;;/t27?,28?,29?,30-,31?,32?,33?,35?,36?,37?,38?,39?,41?,42+,43?,44-,45+,47?;;;5-/m1..1/s1. The summed E-state index contributed by atoms with van der Waals surface area (Å²) in [5, 5.41) is 135. The van der Waals surface area contributed by atoms with Crippen LogP contribution in [0.2, 0.25) is 0 Å². The third-order valence-electron chi connectivity index (χ3n) is 22.4. The molecule has 4 aromatic rings. The second kappa shape index (κ2) is 47.4. The van der Waals surface area contributed by atoms with Gasteiger partial charge in [-0.05, 0) is 104 Å². The molecule has 33 nitrogen and oxygen atoms in total. The number of allylic oxidation sites excluding steroid dienone is 10. The number of carbonyl (C=O) groups excluding carboxylic acids is 3. The number of nitrogens with two attached hydrogens (primary N) is 1. The number of benzene rings is 2. The zero-order valence-electron chi connectivity index (χ0n) is 69.6. The third kappa shape index (κ3) is 28.4. The molecule has 6 aliphatic heterocycles. The van der Waals surface area contributed by atoms with Crippen LogP contribution in [-0.2, 0) is 39.9 Å². The molecule has 668 valence electrons. The zero-order valence-corrected chi connectivity index (χ0v) is 69.6. The Morgan fingerprint density at radius 2 is 1.10 bits per heavy atom. The lowest BCUT2D eigenvalue weighted by atomic mass is 9.88. The van der Waals surface area contributed by atoms with Gasteiger partial charge in [0.15, 0.2) is 6.29 Å². The van der Waals surface area contributed by atoms with Crippen LogP contribution in [0.5, 0.6) is 0 Å². The van der Waals surface area contributed by atoms with Crippen molar-refractivity contribution in [1.29, 1.82) is 0 Å². The summed E-state index contributed by atoms with van der Waals surface area (Å²) in [5.41, 5.74) is 8.58. The van der Waals surface area contributed by atoms with Gasteiger partial charge in [0.05, 0.1) is 107 Å². The summed E-state index contributed by atoms with van der Waals surface area (Å²) < 4.78 is 49.3. The van der Waals surface area contributed by atoms with Crippen LogP contribution in [0.3, 0.4) is 0 Å². The van der Waals surface area contributed by atoms with Gasteiger partial charge < -0.3 is 121 Å². The lowest BCUT2D eigenvalue weighted by Gasteiger charge is -2.41. The highest BCUT2D eigenvalue weighted by Gasteiger charge is 2.44. The minimum absolute atomic E-state index is 0.0413. The molecule has 121 heavy (non-hydrogen) atoms. The highest BCUT2D eigenvalue weighted by molar-refractivity contribution is 5.95. The molecule has 1 amide bonds. The van der Waals surface area contributed by atoms with Gasteiger partial charge in [-0.25, -0.2) is 18.4 Å². The number of nitrogens with one attached hydrogen (secondary N) is 1. The number of aromatic nitrogens is 2. The van der Waals surface area contributed by atoms with E-state index in [0.717, 1.165) is 57.9 Å². The van der Waals surface area contributed by atoms with Crippen LogP contribution in [0.1, 0.15) is 132 Å². The second-order valence-corrected chi connectivity index (χ2v) is 31.6. The van der Waals surface area contributed by atoms with E-state index < -0.39 is 187 Å². The number of cyclic esters (lactones) is 1. The summed E-state index contributed by atoms with van der Waals surface area (Å²) in [6, 6.07) is 4.95. The van der Waals surface area contributed by atoms with E-state index in [1.807, 2.05) is 80.4 Å². The largest absolute Gasteiger partial charge is 0.481 e. The first-order valence-electron chi connectivity index (χ1n) is 40.9. The number of hydrogen-bond acceptors (Lipinski definition) is 27. The first kappa shape index (κ1) is 98.8. The summed E-state index contributed by atoms with van der Waals surface area (Å²) in [6.45, 7) is 15.2. The van der Waals surface area contributed by atoms with Crippen molar-refractivity contribution < 1.29 is 118 Å². The highest BCUT2D eigenvalue weighted by Crippen LogP contribution is 2.32. The lowest BCUT2D eigenvalue weighted by molar-refractivity contribution is -0.277. The number of carboxylic acids is 3. The first-order chi connectivity index (χ1) is 57.3. The number of esters is 1. The number of nitrogens with zero attached hydrogens (tertiary/aromatic N) is 7. The smallest absolute Gasteiger partial charge is 0.341 e. The van der Waals surface area contributed by atoms with Crippen molar-refractivity contribution in [3.05, 3.63) is 165 Å². The highest BCUT2D eigenvalue weighted by atomic mass is 19.1. The number of hydrogen-bond donors (Lipinski definition) is 15. The van der Waals surface area contributed by atoms with Gasteiger partial charge in [0.25, 0.3) is 0 Å². The molecule has 19 atom stereocenters. The molecular weight excluding hydrogens is 1580 g/mol. The van der Waals surface area contributed by atoms with E-state index in [1.54, 1.807) is 72.9 Å². The van der Waals surface area contributed by atoms with E-state index >= 15 is 0 Å². The number of ketones is 1. The van der Waals surface area contributed by atoms with Crippen LogP contribution in [0, 0.1) is 29.4 Å². The Morgan fingerprint density at radius 3 is 1.64 bits per heavy atom. The zero-order chi connectivity index (χ0) is 89.2. The van der Waals surface area contributed by atoms with Gasteiger partial charge >= 0.3 is 23.9 Å². The van der Waals surface area contributed by atoms with E-state index in [4.69, 9.17) is 25.1 Å². The van der Waals surface area contributed by atoms with E-state index in [1.165, 1.54) is 36.1 Å². The normalized spacial score (nSPS) is 31.3. The molecular formula is C86H121F2N9O24. The summed E-state index contributed by atoms with van der Waals surface area (Å²) >= 11 is 0. The van der Waals surface area contributed by atoms with Gasteiger partial charge in [0.2, 0.25) is 16.8 Å². The Balaban J connectivity index is 0.000000285. The van der Waals surface area contributed by atoms with Crippen molar-refractivity contribution in [2.45, 2.75) is 216 Å². The molecule has 0 bridgehead atoms. The molecule has 0 radical (unpaired) electrons. The quantitative estimate of drug-likeness (QED) is 0.0839. The predicted octanol–water partition coefficient (Wildman–Crippen LogP) is 3.66.